The number of halogens is 3. The molecule has 0 unspecified atom stereocenters. The SMILES string of the molecule is O=C(O)c1ccc(NC(=O)[C@@H](C/C=C\C(=C/NO)c2c(F)ccc(Cl)c2F)Cc2ccccc2)cc1. The standard InChI is InChI=1S/C27H23ClF2N2O4/c28-22-13-14-23(29)24(25(22)30)20(16-31-36)8-4-7-19(15-17-5-2-1-3-6-17)26(33)32-21-11-9-18(10-12-21)27(34)35/h1-6,8-14,16,19,31,36H,7,15H2,(H,32,33)(H,34,35)/b8-4-,20-16+/t19-/m0/s1. The van der Waals surface area contributed by atoms with Gasteiger partial charge >= 0.3 is 5.97 Å². The van der Waals surface area contributed by atoms with Crippen molar-refractivity contribution in [2.45, 2.75) is 12.8 Å². The second-order valence-electron chi connectivity index (χ2n) is 7.84. The lowest BCUT2D eigenvalue weighted by atomic mass is 9.94. The number of amides is 1. The first-order valence-electron chi connectivity index (χ1n) is 10.9. The van der Waals surface area contributed by atoms with Gasteiger partial charge in [0.25, 0.3) is 0 Å². The molecule has 6 nitrogen and oxygen atoms in total. The number of carboxylic acid groups (broad SMARTS) is 1. The monoisotopic (exact) mass is 512 g/mol. The highest BCUT2D eigenvalue weighted by Crippen LogP contribution is 2.28. The van der Waals surface area contributed by atoms with Gasteiger partial charge in [0.15, 0.2) is 5.82 Å². The van der Waals surface area contributed by atoms with Crippen LogP contribution < -0.4 is 10.8 Å². The van der Waals surface area contributed by atoms with Crippen molar-refractivity contribution in [1.82, 2.24) is 5.48 Å². The normalized spacial score (nSPS) is 12.4. The molecule has 0 saturated carbocycles. The Labute approximate surface area is 211 Å². The maximum Gasteiger partial charge on any atom is 0.335 e. The highest BCUT2D eigenvalue weighted by Gasteiger charge is 2.19. The number of carbonyl (C=O) groups excluding carboxylic acids is 1. The van der Waals surface area contributed by atoms with Gasteiger partial charge in [-0.1, -0.05) is 54.1 Å². The summed E-state index contributed by atoms with van der Waals surface area (Å²) in [6.45, 7) is 0. The molecule has 9 heteroatoms. The first-order chi connectivity index (χ1) is 17.3. The summed E-state index contributed by atoms with van der Waals surface area (Å²) in [7, 11) is 0. The number of nitrogens with one attached hydrogen (secondary N) is 2. The van der Waals surface area contributed by atoms with Gasteiger partial charge < -0.3 is 10.4 Å². The van der Waals surface area contributed by atoms with E-state index in [1.54, 1.807) is 11.6 Å². The fourth-order valence-electron chi connectivity index (χ4n) is 3.55. The number of aromatic carboxylic acids is 1. The maximum absolute atomic E-state index is 14.5. The van der Waals surface area contributed by atoms with E-state index in [0.717, 1.165) is 23.9 Å². The molecule has 0 aliphatic carbocycles. The molecule has 0 radical (unpaired) electrons. The first kappa shape index (κ1) is 26.6. The summed E-state index contributed by atoms with van der Waals surface area (Å²) < 4.78 is 28.8. The van der Waals surface area contributed by atoms with Crippen LogP contribution in [0.15, 0.2) is 85.1 Å². The Morgan fingerprint density at radius 1 is 1.00 bits per heavy atom. The van der Waals surface area contributed by atoms with E-state index >= 15 is 0 Å². The zero-order chi connectivity index (χ0) is 26.1. The number of benzene rings is 3. The molecule has 3 rings (SSSR count). The molecule has 3 aromatic rings. The van der Waals surface area contributed by atoms with Crippen molar-refractivity contribution < 1.29 is 28.7 Å². The topological polar surface area (TPSA) is 98.7 Å². The Balaban J connectivity index is 1.83. The number of carbonyl (C=O) groups is 2. The highest BCUT2D eigenvalue weighted by molar-refractivity contribution is 6.31. The van der Waals surface area contributed by atoms with Gasteiger partial charge in [-0.25, -0.2) is 13.6 Å². The van der Waals surface area contributed by atoms with Crippen LogP contribution in [0.4, 0.5) is 14.5 Å². The van der Waals surface area contributed by atoms with Crippen LogP contribution in [0, 0.1) is 17.6 Å². The van der Waals surface area contributed by atoms with Crippen molar-refractivity contribution in [3.63, 3.8) is 0 Å². The lowest BCUT2D eigenvalue weighted by Gasteiger charge is -2.16. The van der Waals surface area contributed by atoms with Crippen molar-refractivity contribution in [3.8, 4) is 0 Å². The minimum absolute atomic E-state index is 0.0156. The maximum atomic E-state index is 14.5. The molecule has 0 heterocycles. The van der Waals surface area contributed by atoms with E-state index in [9.17, 15) is 18.4 Å². The molecule has 36 heavy (non-hydrogen) atoms. The fraction of sp³-hybridized carbons (Fsp3) is 0.111. The van der Waals surface area contributed by atoms with Crippen molar-refractivity contribution >= 4 is 34.7 Å². The summed E-state index contributed by atoms with van der Waals surface area (Å²) in [5.41, 5.74) is 2.76. The van der Waals surface area contributed by atoms with E-state index in [2.05, 4.69) is 5.32 Å². The van der Waals surface area contributed by atoms with Gasteiger partial charge in [-0.05, 0) is 54.8 Å². The average Bonchev–Trinajstić information content (AvgIpc) is 2.86. The van der Waals surface area contributed by atoms with Crippen LogP contribution in [-0.2, 0) is 11.2 Å². The van der Waals surface area contributed by atoms with Crippen LogP contribution in [-0.4, -0.2) is 22.2 Å². The van der Waals surface area contributed by atoms with Crippen LogP contribution in [0.3, 0.4) is 0 Å². The number of carboxylic acids is 1. The van der Waals surface area contributed by atoms with Crippen LogP contribution in [0.5, 0.6) is 0 Å². The average molecular weight is 513 g/mol. The van der Waals surface area contributed by atoms with Gasteiger partial charge in [0.05, 0.1) is 16.1 Å². The van der Waals surface area contributed by atoms with Gasteiger partial charge in [0.2, 0.25) is 5.91 Å². The van der Waals surface area contributed by atoms with Gasteiger partial charge in [-0.3, -0.25) is 15.5 Å². The third kappa shape index (κ3) is 7.00. The fourth-order valence-corrected chi connectivity index (χ4v) is 3.70. The lowest BCUT2D eigenvalue weighted by Crippen LogP contribution is -2.24. The number of rotatable bonds is 10. The second kappa shape index (κ2) is 12.6. The van der Waals surface area contributed by atoms with Gasteiger partial charge in [0.1, 0.15) is 5.82 Å². The summed E-state index contributed by atoms with van der Waals surface area (Å²) in [5, 5.41) is 20.7. The number of hydroxylamine groups is 1. The molecule has 0 saturated heterocycles. The number of hydrogen-bond acceptors (Lipinski definition) is 4. The van der Waals surface area contributed by atoms with E-state index in [4.69, 9.17) is 21.9 Å². The predicted molar refractivity (Wildman–Crippen MR) is 134 cm³/mol. The number of hydrogen-bond donors (Lipinski definition) is 4. The van der Waals surface area contributed by atoms with Crippen molar-refractivity contribution in [1.29, 1.82) is 0 Å². The largest absolute Gasteiger partial charge is 0.478 e. The van der Waals surface area contributed by atoms with E-state index in [1.807, 2.05) is 30.3 Å². The molecule has 4 N–H and O–H groups in total. The number of allylic oxidation sites excluding steroid dienone is 3. The third-order valence-electron chi connectivity index (χ3n) is 5.37. The Morgan fingerprint density at radius 2 is 1.69 bits per heavy atom. The van der Waals surface area contributed by atoms with Gasteiger partial charge in [-0.2, -0.15) is 0 Å². The summed E-state index contributed by atoms with van der Waals surface area (Å²) in [6, 6.07) is 17.2. The smallest absolute Gasteiger partial charge is 0.335 e. The molecular weight excluding hydrogens is 490 g/mol. The Kier molecular flexibility index (Phi) is 9.32. The van der Waals surface area contributed by atoms with E-state index in [-0.39, 0.29) is 28.5 Å². The molecule has 3 aromatic carbocycles. The van der Waals surface area contributed by atoms with Crippen LogP contribution in [0.25, 0.3) is 5.57 Å². The quantitative estimate of drug-likeness (QED) is 0.150. The molecule has 0 aliphatic heterocycles. The molecule has 1 atom stereocenters. The Morgan fingerprint density at radius 3 is 2.33 bits per heavy atom. The predicted octanol–water partition coefficient (Wildman–Crippen LogP) is 6.08. The zero-order valence-corrected chi connectivity index (χ0v) is 19.7. The number of anilines is 1. The summed E-state index contributed by atoms with van der Waals surface area (Å²) in [6.07, 6.45) is 4.53. The zero-order valence-electron chi connectivity index (χ0n) is 18.9. The Hall–Kier alpha value is -4.01. The molecule has 0 aromatic heterocycles. The lowest BCUT2D eigenvalue weighted by molar-refractivity contribution is -0.119. The molecular formula is C27H23ClF2N2O4. The van der Waals surface area contributed by atoms with Gasteiger partial charge in [-0.15, -0.1) is 0 Å². The van der Waals surface area contributed by atoms with E-state index in [1.165, 1.54) is 30.3 Å². The van der Waals surface area contributed by atoms with Crippen LogP contribution in [0.1, 0.15) is 27.9 Å². The summed E-state index contributed by atoms with van der Waals surface area (Å²) in [4.78, 5) is 24.1. The summed E-state index contributed by atoms with van der Waals surface area (Å²) >= 11 is 5.79. The minimum Gasteiger partial charge on any atom is -0.478 e. The summed E-state index contributed by atoms with van der Waals surface area (Å²) in [5.74, 6) is -3.82. The molecule has 0 spiro atoms. The van der Waals surface area contributed by atoms with Crippen LogP contribution in [0.2, 0.25) is 5.02 Å². The molecule has 0 fully saturated rings. The molecule has 186 valence electrons. The molecule has 1 amide bonds. The molecule has 0 aliphatic rings. The van der Waals surface area contributed by atoms with Crippen molar-refractivity contribution in [2.75, 3.05) is 5.32 Å². The molecule has 0 bridgehead atoms. The third-order valence-corrected chi connectivity index (χ3v) is 5.66. The van der Waals surface area contributed by atoms with E-state index < -0.39 is 29.1 Å². The second-order valence-corrected chi connectivity index (χ2v) is 8.25. The highest BCUT2D eigenvalue weighted by atomic mass is 35.5. The minimum atomic E-state index is -1.08. The van der Waals surface area contributed by atoms with Gasteiger partial charge in [0, 0.05) is 23.4 Å². The van der Waals surface area contributed by atoms with Crippen molar-refractivity contribution in [2.24, 2.45) is 5.92 Å². The van der Waals surface area contributed by atoms with Crippen LogP contribution >= 0.6 is 11.6 Å². The van der Waals surface area contributed by atoms with E-state index in [0.29, 0.717) is 12.1 Å². The van der Waals surface area contributed by atoms with Crippen molar-refractivity contribution in [3.05, 3.63) is 118 Å². The Bertz CT molecular complexity index is 1280. The first-order valence-corrected chi connectivity index (χ1v) is 11.3.